The fourth-order valence-electron chi connectivity index (χ4n) is 3.68. The summed E-state index contributed by atoms with van der Waals surface area (Å²) >= 11 is 1.14. The Balaban J connectivity index is 1.86. The average Bonchev–Trinajstić information content (AvgIpc) is 3.07. The number of halogens is 1. The Hall–Kier alpha value is -3.19. The molecule has 30 heavy (non-hydrogen) atoms. The van der Waals surface area contributed by atoms with Crippen molar-refractivity contribution < 1.29 is 23.8 Å². The molecule has 0 bridgehead atoms. The number of hydrogen-bond acceptors (Lipinski definition) is 4. The Morgan fingerprint density at radius 2 is 1.97 bits per heavy atom. The number of hydrogen-bond donors (Lipinski definition) is 2. The Labute approximate surface area is 177 Å². The van der Waals surface area contributed by atoms with Crippen molar-refractivity contribution in [1.82, 2.24) is 0 Å². The molecule has 1 aliphatic rings. The molecule has 2 aromatic carbocycles. The van der Waals surface area contributed by atoms with E-state index < -0.39 is 11.8 Å². The van der Waals surface area contributed by atoms with Crippen LogP contribution in [-0.4, -0.2) is 23.1 Å². The van der Waals surface area contributed by atoms with Crippen LogP contribution in [0.15, 0.2) is 48.5 Å². The monoisotopic (exact) mass is 425 g/mol. The Kier molecular flexibility index (Phi) is 5.30. The number of fused-ring (bicyclic) bond motifs is 1. The van der Waals surface area contributed by atoms with E-state index in [1.165, 1.54) is 24.3 Å². The average molecular weight is 425 g/mol. The zero-order valence-electron chi connectivity index (χ0n) is 16.4. The van der Waals surface area contributed by atoms with E-state index in [0.29, 0.717) is 22.6 Å². The normalized spacial score (nSPS) is 15.6. The van der Waals surface area contributed by atoms with E-state index in [9.17, 15) is 19.1 Å². The van der Waals surface area contributed by atoms with Crippen molar-refractivity contribution in [2.75, 3.05) is 5.32 Å². The number of carboxylic acids is 1. The van der Waals surface area contributed by atoms with Crippen LogP contribution in [0.2, 0.25) is 0 Å². The molecule has 3 aromatic rings. The first-order valence-electron chi connectivity index (χ1n) is 9.56. The van der Waals surface area contributed by atoms with Crippen molar-refractivity contribution in [3.05, 3.63) is 69.7 Å². The molecule has 2 N–H and O–H groups in total. The highest BCUT2D eigenvalue weighted by molar-refractivity contribution is 7.15. The van der Waals surface area contributed by atoms with Gasteiger partial charge in [0.25, 0.3) is 0 Å². The van der Waals surface area contributed by atoms with Gasteiger partial charge in [-0.1, -0.05) is 24.3 Å². The van der Waals surface area contributed by atoms with Crippen molar-refractivity contribution >= 4 is 28.9 Å². The lowest BCUT2D eigenvalue weighted by Crippen LogP contribution is -2.22. The van der Waals surface area contributed by atoms with Gasteiger partial charge in [0.2, 0.25) is 5.91 Å². The number of aromatic carboxylic acids is 1. The maximum atomic E-state index is 13.4. The van der Waals surface area contributed by atoms with Crippen molar-refractivity contribution in [2.45, 2.75) is 32.3 Å². The fraction of sp³-hybridized carbons (Fsp3) is 0.217. The molecule has 7 heteroatoms. The van der Waals surface area contributed by atoms with Crippen LogP contribution in [0.4, 0.5) is 10.1 Å². The van der Waals surface area contributed by atoms with E-state index in [4.69, 9.17) is 4.74 Å². The van der Waals surface area contributed by atoms with Crippen LogP contribution in [0.25, 0.3) is 11.1 Å². The van der Waals surface area contributed by atoms with Gasteiger partial charge in [-0.3, -0.25) is 4.79 Å². The zero-order valence-corrected chi connectivity index (χ0v) is 17.3. The van der Waals surface area contributed by atoms with Crippen LogP contribution in [0.5, 0.6) is 5.75 Å². The molecule has 0 saturated heterocycles. The summed E-state index contributed by atoms with van der Waals surface area (Å²) in [6.07, 6.45) is 0.219. The Bertz CT molecular complexity index is 1120. The van der Waals surface area contributed by atoms with E-state index in [0.717, 1.165) is 21.8 Å². The molecule has 0 saturated carbocycles. The van der Waals surface area contributed by atoms with Gasteiger partial charge in [0, 0.05) is 22.8 Å². The molecular weight excluding hydrogens is 405 g/mol. The zero-order chi connectivity index (χ0) is 21.4. The number of amides is 1. The number of anilines is 1. The SMILES string of the molecule is CC(C)Oc1cccc([C@H]2CC(=O)Nc3c2sc(C(=O)O)c3-c2ccc(F)cc2)c1. The highest BCUT2D eigenvalue weighted by atomic mass is 32.1. The molecule has 0 radical (unpaired) electrons. The van der Waals surface area contributed by atoms with Crippen molar-refractivity contribution in [2.24, 2.45) is 0 Å². The van der Waals surface area contributed by atoms with Gasteiger partial charge in [-0.05, 0) is 49.2 Å². The highest BCUT2D eigenvalue weighted by Crippen LogP contribution is 2.49. The highest BCUT2D eigenvalue weighted by Gasteiger charge is 2.34. The topological polar surface area (TPSA) is 75.6 Å². The summed E-state index contributed by atoms with van der Waals surface area (Å²) < 4.78 is 19.2. The molecule has 1 atom stereocenters. The second-order valence-electron chi connectivity index (χ2n) is 7.40. The maximum Gasteiger partial charge on any atom is 0.346 e. The molecule has 1 amide bonds. The minimum absolute atomic E-state index is 0.0101. The van der Waals surface area contributed by atoms with Gasteiger partial charge >= 0.3 is 5.97 Å². The number of carboxylic acid groups (broad SMARTS) is 1. The van der Waals surface area contributed by atoms with Gasteiger partial charge in [0.05, 0.1) is 11.8 Å². The number of ether oxygens (including phenoxy) is 1. The standard InChI is InChI=1S/C23H20FNO4S/c1-12(2)29-16-5-3-4-14(10-16)17-11-18(26)25-20-19(13-6-8-15(24)9-7-13)22(23(27)28)30-21(17)20/h3-10,12,17H,11H2,1-2H3,(H,25,26)(H,27,28)/t17-/m1/s1. The predicted octanol–water partition coefficient (Wildman–Crippen LogP) is 5.51. The summed E-state index contributed by atoms with van der Waals surface area (Å²) in [7, 11) is 0. The largest absolute Gasteiger partial charge is 0.491 e. The van der Waals surface area contributed by atoms with E-state index in [1.807, 2.05) is 38.1 Å². The molecule has 2 heterocycles. The lowest BCUT2D eigenvalue weighted by Gasteiger charge is -2.24. The van der Waals surface area contributed by atoms with Crippen molar-refractivity contribution in [1.29, 1.82) is 0 Å². The third kappa shape index (κ3) is 3.80. The van der Waals surface area contributed by atoms with Gasteiger partial charge in [-0.25, -0.2) is 9.18 Å². The molecule has 1 aromatic heterocycles. The van der Waals surface area contributed by atoms with Crippen LogP contribution in [0.3, 0.4) is 0 Å². The molecular formula is C23H20FNO4S. The predicted molar refractivity (Wildman–Crippen MR) is 114 cm³/mol. The van der Waals surface area contributed by atoms with Gasteiger partial charge in [-0.2, -0.15) is 0 Å². The van der Waals surface area contributed by atoms with Gasteiger partial charge < -0.3 is 15.2 Å². The first-order chi connectivity index (χ1) is 14.3. The Morgan fingerprint density at radius 3 is 2.63 bits per heavy atom. The van der Waals surface area contributed by atoms with Gasteiger partial charge in [0.15, 0.2) is 0 Å². The third-order valence-corrected chi connectivity index (χ3v) is 6.16. The van der Waals surface area contributed by atoms with E-state index in [1.54, 1.807) is 0 Å². The summed E-state index contributed by atoms with van der Waals surface area (Å²) in [6.45, 7) is 3.87. The number of thiophene rings is 1. The summed E-state index contributed by atoms with van der Waals surface area (Å²) in [4.78, 5) is 25.4. The second-order valence-corrected chi connectivity index (χ2v) is 8.45. The van der Waals surface area contributed by atoms with E-state index in [-0.39, 0.29) is 29.2 Å². The number of nitrogens with one attached hydrogen (secondary N) is 1. The number of rotatable bonds is 5. The van der Waals surface area contributed by atoms with Crippen molar-refractivity contribution in [3.8, 4) is 16.9 Å². The lowest BCUT2D eigenvalue weighted by molar-refractivity contribution is -0.116. The maximum absolute atomic E-state index is 13.4. The van der Waals surface area contributed by atoms with Crippen LogP contribution in [-0.2, 0) is 4.79 Å². The van der Waals surface area contributed by atoms with E-state index >= 15 is 0 Å². The first-order valence-corrected chi connectivity index (χ1v) is 10.4. The van der Waals surface area contributed by atoms with Crippen LogP contribution in [0, 0.1) is 5.82 Å². The molecule has 4 rings (SSSR count). The molecule has 5 nitrogen and oxygen atoms in total. The first kappa shape index (κ1) is 20.1. The number of carbonyl (C=O) groups is 2. The third-order valence-electron chi connectivity index (χ3n) is 4.87. The lowest BCUT2D eigenvalue weighted by atomic mass is 9.88. The summed E-state index contributed by atoms with van der Waals surface area (Å²) in [6, 6.07) is 13.1. The van der Waals surface area contributed by atoms with Crippen LogP contribution < -0.4 is 10.1 Å². The molecule has 0 aliphatic carbocycles. The summed E-state index contributed by atoms with van der Waals surface area (Å²) in [5, 5.41) is 12.6. The second kappa shape index (κ2) is 7.91. The minimum Gasteiger partial charge on any atom is -0.491 e. The van der Waals surface area contributed by atoms with Crippen molar-refractivity contribution in [3.63, 3.8) is 0 Å². The molecule has 154 valence electrons. The summed E-state index contributed by atoms with van der Waals surface area (Å²) in [5.74, 6) is -1.28. The molecule has 0 unspecified atom stereocenters. The quantitative estimate of drug-likeness (QED) is 0.565. The van der Waals surface area contributed by atoms with E-state index in [2.05, 4.69) is 5.32 Å². The number of carbonyl (C=O) groups excluding carboxylic acids is 1. The van der Waals surface area contributed by atoms with Crippen LogP contribution in [0.1, 0.15) is 46.3 Å². The Morgan fingerprint density at radius 1 is 1.23 bits per heavy atom. The minimum atomic E-state index is -1.08. The molecule has 0 spiro atoms. The van der Waals surface area contributed by atoms with Crippen LogP contribution >= 0.6 is 11.3 Å². The molecule has 1 aliphatic heterocycles. The summed E-state index contributed by atoms with van der Waals surface area (Å²) in [5.41, 5.74) is 2.33. The molecule has 0 fully saturated rings. The van der Waals surface area contributed by atoms with Gasteiger partial charge in [-0.15, -0.1) is 11.3 Å². The number of benzene rings is 2. The fourth-order valence-corrected chi connectivity index (χ4v) is 4.92. The van der Waals surface area contributed by atoms with Gasteiger partial charge in [0.1, 0.15) is 16.4 Å². The smallest absolute Gasteiger partial charge is 0.346 e.